The maximum Gasteiger partial charge on any atom is 0.0682 e. The van der Waals surface area contributed by atoms with E-state index in [4.69, 9.17) is 5.73 Å². The Hall–Kier alpha value is -1.13. The molecule has 3 nitrogen and oxygen atoms in total. The first-order valence-electron chi connectivity index (χ1n) is 5.45. The van der Waals surface area contributed by atoms with Gasteiger partial charge in [-0.05, 0) is 30.4 Å². The number of aromatic nitrogens is 2. The second kappa shape index (κ2) is 4.39. The van der Waals surface area contributed by atoms with Crippen molar-refractivity contribution in [2.45, 2.75) is 26.3 Å². The third-order valence-corrected chi connectivity index (χ3v) is 3.89. The molecule has 1 atom stereocenters. The summed E-state index contributed by atoms with van der Waals surface area (Å²) in [5, 5.41) is 6.52. The Morgan fingerprint density at radius 3 is 2.88 bits per heavy atom. The van der Waals surface area contributed by atoms with Gasteiger partial charge >= 0.3 is 0 Å². The minimum absolute atomic E-state index is 0.0383. The predicted octanol–water partition coefficient (Wildman–Crippen LogP) is 2.40. The molecule has 0 amide bonds. The third-order valence-electron chi connectivity index (χ3n) is 2.79. The Balaban J connectivity index is 2.40. The predicted molar refractivity (Wildman–Crippen MR) is 67.7 cm³/mol. The fraction of sp³-hybridized carbons (Fsp3) is 0.417. The summed E-state index contributed by atoms with van der Waals surface area (Å²) in [6, 6.07) is 2.07. The van der Waals surface area contributed by atoms with Gasteiger partial charge in [0, 0.05) is 23.7 Å². The van der Waals surface area contributed by atoms with Gasteiger partial charge < -0.3 is 5.73 Å². The Morgan fingerprint density at radius 1 is 1.56 bits per heavy atom. The maximum atomic E-state index is 6.31. The van der Waals surface area contributed by atoms with Gasteiger partial charge in [-0.1, -0.05) is 6.92 Å². The van der Waals surface area contributed by atoms with Crippen molar-refractivity contribution >= 4 is 11.3 Å². The van der Waals surface area contributed by atoms with Crippen LogP contribution in [0.5, 0.6) is 0 Å². The Kier molecular flexibility index (Phi) is 3.12. The minimum Gasteiger partial charge on any atom is -0.319 e. The van der Waals surface area contributed by atoms with Crippen LogP contribution < -0.4 is 5.73 Å². The third kappa shape index (κ3) is 1.90. The van der Waals surface area contributed by atoms with E-state index in [1.807, 2.05) is 17.9 Å². The average molecular weight is 235 g/mol. The van der Waals surface area contributed by atoms with Crippen LogP contribution in [0.2, 0.25) is 0 Å². The van der Waals surface area contributed by atoms with Crippen LogP contribution in [0, 0.1) is 6.92 Å². The van der Waals surface area contributed by atoms with E-state index in [1.54, 1.807) is 11.3 Å². The molecule has 0 aromatic carbocycles. The van der Waals surface area contributed by atoms with Gasteiger partial charge in [-0.3, -0.25) is 4.68 Å². The van der Waals surface area contributed by atoms with E-state index < -0.39 is 0 Å². The first-order chi connectivity index (χ1) is 7.63. The zero-order valence-corrected chi connectivity index (χ0v) is 10.7. The number of thiophene rings is 1. The van der Waals surface area contributed by atoms with Gasteiger partial charge in [0.15, 0.2) is 0 Å². The van der Waals surface area contributed by atoms with Crippen molar-refractivity contribution in [1.82, 2.24) is 9.78 Å². The van der Waals surface area contributed by atoms with Crippen molar-refractivity contribution in [3.63, 3.8) is 0 Å². The van der Waals surface area contributed by atoms with Crippen molar-refractivity contribution < 1.29 is 0 Å². The highest BCUT2D eigenvalue weighted by Crippen LogP contribution is 2.29. The number of aryl methyl sites for hydroxylation is 3. The fourth-order valence-corrected chi connectivity index (χ4v) is 2.88. The number of hydrogen-bond donors (Lipinski definition) is 1. The molecule has 0 aliphatic carbocycles. The lowest BCUT2D eigenvalue weighted by molar-refractivity contribution is 0.746. The van der Waals surface area contributed by atoms with Gasteiger partial charge in [0.05, 0.1) is 11.7 Å². The molecule has 0 radical (unpaired) electrons. The molecule has 0 saturated heterocycles. The quantitative estimate of drug-likeness (QED) is 0.887. The highest BCUT2D eigenvalue weighted by Gasteiger charge is 2.18. The highest BCUT2D eigenvalue weighted by molar-refractivity contribution is 7.10. The molecule has 0 aliphatic heterocycles. The molecular formula is C12H17N3S. The van der Waals surface area contributed by atoms with Crippen LogP contribution in [-0.4, -0.2) is 9.78 Å². The zero-order chi connectivity index (χ0) is 11.7. The number of hydrogen-bond acceptors (Lipinski definition) is 3. The van der Waals surface area contributed by atoms with Gasteiger partial charge in [-0.25, -0.2) is 0 Å². The molecule has 2 aromatic heterocycles. The molecule has 2 aromatic rings. The lowest BCUT2D eigenvalue weighted by atomic mass is 10.0. The van der Waals surface area contributed by atoms with Gasteiger partial charge in [0.25, 0.3) is 0 Å². The summed E-state index contributed by atoms with van der Waals surface area (Å²) >= 11 is 1.72. The normalized spacial score (nSPS) is 13.0. The summed E-state index contributed by atoms with van der Waals surface area (Å²) in [7, 11) is 1.94. The molecule has 2 rings (SSSR count). The topological polar surface area (TPSA) is 43.8 Å². The van der Waals surface area contributed by atoms with Gasteiger partial charge in [-0.2, -0.15) is 5.10 Å². The van der Waals surface area contributed by atoms with Crippen LogP contribution in [-0.2, 0) is 13.5 Å². The molecule has 2 N–H and O–H groups in total. The van der Waals surface area contributed by atoms with E-state index in [-0.39, 0.29) is 6.04 Å². The lowest BCUT2D eigenvalue weighted by Gasteiger charge is -2.10. The van der Waals surface area contributed by atoms with E-state index in [2.05, 4.69) is 30.4 Å². The molecule has 4 heteroatoms. The molecular weight excluding hydrogens is 218 g/mol. The smallest absolute Gasteiger partial charge is 0.0682 e. The summed E-state index contributed by atoms with van der Waals surface area (Å²) in [4.78, 5) is 1.24. The van der Waals surface area contributed by atoms with Crippen LogP contribution in [0.4, 0.5) is 0 Å². The van der Waals surface area contributed by atoms with Crippen LogP contribution in [0.15, 0.2) is 17.6 Å². The van der Waals surface area contributed by atoms with Crippen molar-refractivity contribution in [1.29, 1.82) is 0 Å². The Morgan fingerprint density at radius 2 is 2.31 bits per heavy atom. The lowest BCUT2D eigenvalue weighted by Crippen LogP contribution is -2.12. The van der Waals surface area contributed by atoms with Crippen LogP contribution in [0.25, 0.3) is 0 Å². The largest absolute Gasteiger partial charge is 0.319 e. The summed E-state index contributed by atoms with van der Waals surface area (Å²) in [5.41, 5.74) is 9.82. The average Bonchev–Trinajstić information content (AvgIpc) is 2.83. The van der Waals surface area contributed by atoms with Crippen molar-refractivity contribution in [2.24, 2.45) is 12.8 Å². The van der Waals surface area contributed by atoms with Gasteiger partial charge in [0.2, 0.25) is 0 Å². The molecule has 0 aliphatic rings. The highest BCUT2D eigenvalue weighted by atomic mass is 32.1. The molecule has 1 unspecified atom stereocenters. The van der Waals surface area contributed by atoms with E-state index in [1.165, 1.54) is 10.4 Å². The molecule has 2 heterocycles. The minimum atomic E-state index is -0.0383. The van der Waals surface area contributed by atoms with Crippen LogP contribution in [0.3, 0.4) is 0 Å². The molecule has 0 spiro atoms. The van der Waals surface area contributed by atoms with Gasteiger partial charge in [-0.15, -0.1) is 11.3 Å². The first-order valence-corrected chi connectivity index (χ1v) is 6.33. The molecule has 86 valence electrons. The number of rotatable bonds is 3. The molecule has 0 fully saturated rings. The van der Waals surface area contributed by atoms with E-state index in [0.717, 1.165) is 17.7 Å². The summed E-state index contributed by atoms with van der Waals surface area (Å²) < 4.78 is 1.84. The van der Waals surface area contributed by atoms with Crippen molar-refractivity contribution in [3.05, 3.63) is 39.3 Å². The van der Waals surface area contributed by atoms with Crippen molar-refractivity contribution in [3.8, 4) is 0 Å². The Labute approximate surface area is 99.9 Å². The molecule has 0 saturated carbocycles. The van der Waals surface area contributed by atoms with E-state index >= 15 is 0 Å². The standard InChI is InChI=1S/C12H17N3S/c1-4-10-9(7-15(3)14-10)11(13)12-8(2)5-6-16-12/h5-7,11H,4,13H2,1-3H3. The second-order valence-electron chi connectivity index (χ2n) is 4.00. The number of nitrogens with two attached hydrogens (primary N) is 1. The second-order valence-corrected chi connectivity index (χ2v) is 4.95. The van der Waals surface area contributed by atoms with Gasteiger partial charge in [0.1, 0.15) is 0 Å². The monoisotopic (exact) mass is 235 g/mol. The first kappa shape index (κ1) is 11.4. The van der Waals surface area contributed by atoms with Crippen LogP contribution >= 0.6 is 11.3 Å². The number of nitrogens with zero attached hydrogens (tertiary/aromatic N) is 2. The van der Waals surface area contributed by atoms with Crippen LogP contribution in [0.1, 0.15) is 34.7 Å². The molecule has 16 heavy (non-hydrogen) atoms. The fourth-order valence-electron chi connectivity index (χ4n) is 1.93. The van der Waals surface area contributed by atoms with E-state index in [9.17, 15) is 0 Å². The molecule has 0 bridgehead atoms. The maximum absolute atomic E-state index is 6.31. The Bertz CT molecular complexity index is 484. The summed E-state index contributed by atoms with van der Waals surface area (Å²) in [5.74, 6) is 0. The van der Waals surface area contributed by atoms with E-state index in [0.29, 0.717) is 0 Å². The SMILES string of the molecule is CCc1nn(C)cc1C(N)c1sccc1C. The summed E-state index contributed by atoms with van der Waals surface area (Å²) in [6.07, 6.45) is 2.96. The van der Waals surface area contributed by atoms with Crippen molar-refractivity contribution in [2.75, 3.05) is 0 Å². The summed E-state index contributed by atoms with van der Waals surface area (Å²) in [6.45, 7) is 4.22. The zero-order valence-electron chi connectivity index (χ0n) is 9.90.